The fourth-order valence-corrected chi connectivity index (χ4v) is 4.42. The monoisotopic (exact) mass is 427 g/mol. The average Bonchev–Trinajstić information content (AvgIpc) is 3.13. The summed E-state index contributed by atoms with van der Waals surface area (Å²) in [4.78, 5) is 26.2. The number of rotatable bonds is 6. The highest BCUT2D eigenvalue weighted by Gasteiger charge is 2.23. The van der Waals surface area contributed by atoms with Crippen molar-refractivity contribution in [3.05, 3.63) is 63.7 Å². The van der Waals surface area contributed by atoms with Gasteiger partial charge in [-0.15, -0.1) is 11.8 Å². The van der Waals surface area contributed by atoms with Gasteiger partial charge in [-0.25, -0.2) is 9.48 Å². The Morgan fingerprint density at radius 1 is 1.27 bits per heavy atom. The van der Waals surface area contributed by atoms with Gasteiger partial charge in [0.2, 0.25) is 5.91 Å². The number of carbonyl (C=O) groups is 1. The first-order valence-electron chi connectivity index (χ1n) is 10.1. The van der Waals surface area contributed by atoms with E-state index in [1.807, 2.05) is 44.2 Å². The third kappa shape index (κ3) is 4.51. The van der Waals surface area contributed by atoms with Gasteiger partial charge in [0.1, 0.15) is 11.6 Å². The molecule has 0 saturated heterocycles. The summed E-state index contributed by atoms with van der Waals surface area (Å²) in [6.45, 7) is 4.61. The van der Waals surface area contributed by atoms with E-state index in [-0.39, 0.29) is 17.6 Å². The predicted molar refractivity (Wildman–Crippen MR) is 114 cm³/mol. The van der Waals surface area contributed by atoms with Crippen LogP contribution >= 0.6 is 11.8 Å². The first-order valence-corrected chi connectivity index (χ1v) is 11.1. The van der Waals surface area contributed by atoms with Crippen LogP contribution in [-0.2, 0) is 24.3 Å². The summed E-state index contributed by atoms with van der Waals surface area (Å²) in [6.07, 6.45) is 2.13. The van der Waals surface area contributed by atoms with Gasteiger partial charge in [0.05, 0.1) is 18.0 Å². The van der Waals surface area contributed by atoms with Crippen LogP contribution in [-0.4, -0.2) is 37.2 Å². The van der Waals surface area contributed by atoms with Crippen LogP contribution in [0.1, 0.15) is 35.7 Å². The molecule has 30 heavy (non-hydrogen) atoms. The normalized spacial score (nSPS) is 16.1. The Bertz CT molecular complexity index is 1070. The van der Waals surface area contributed by atoms with Crippen LogP contribution in [0.15, 0.2) is 44.5 Å². The first kappa shape index (κ1) is 20.5. The van der Waals surface area contributed by atoms with Crippen molar-refractivity contribution >= 4 is 17.7 Å². The zero-order valence-corrected chi connectivity index (χ0v) is 17.9. The van der Waals surface area contributed by atoms with Crippen LogP contribution in [0.5, 0.6) is 0 Å². The molecule has 2 aromatic heterocycles. The van der Waals surface area contributed by atoms with Crippen LogP contribution < -0.4 is 11.0 Å². The molecule has 0 spiro atoms. The lowest BCUT2D eigenvalue weighted by molar-refractivity contribution is -0.119. The zero-order valence-electron chi connectivity index (χ0n) is 17.1. The Morgan fingerprint density at radius 3 is 2.80 bits per heavy atom. The highest BCUT2D eigenvalue weighted by molar-refractivity contribution is 8.00. The summed E-state index contributed by atoms with van der Waals surface area (Å²) in [5, 5.41) is 11.6. The molecule has 0 fully saturated rings. The minimum absolute atomic E-state index is 0.0178. The summed E-state index contributed by atoms with van der Waals surface area (Å²) < 4.78 is 8.40. The molecule has 1 unspecified atom stereocenters. The van der Waals surface area contributed by atoms with Crippen LogP contribution in [0.25, 0.3) is 0 Å². The molecule has 3 heterocycles. The van der Waals surface area contributed by atoms with Crippen LogP contribution in [0.2, 0.25) is 0 Å². The molecule has 0 radical (unpaired) electrons. The highest BCUT2D eigenvalue weighted by Crippen LogP contribution is 2.18. The fraction of sp³-hybridized carbons (Fsp3) is 0.429. The topological polar surface area (TPSA) is 94.9 Å². The fourth-order valence-electron chi connectivity index (χ4n) is 3.69. The standard InChI is InChI=1S/C21H25N5O3S/c1-14-18(15(2)29-24-14)12-26-21(28)25-11-10-16(8-9-19(25)23-26)22-20(27)13-30-17-6-4-3-5-7-17/h3-7,16H,8-13H2,1-2H3,(H,22,27). The number of carbonyl (C=O) groups excluding carboxylic acids is 1. The van der Waals surface area contributed by atoms with Gasteiger partial charge in [-0.3, -0.25) is 9.36 Å². The first-order chi connectivity index (χ1) is 14.5. The van der Waals surface area contributed by atoms with Gasteiger partial charge in [0, 0.05) is 29.5 Å². The molecule has 1 aliphatic rings. The van der Waals surface area contributed by atoms with Crippen molar-refractivity contribution in [3.63, 3.8) is 0 Å². The lowest BCUT2D eigenvalue weighted by atomic mass is 10.1. The number of benzene rings is 1. The molecule has 3 aromatic rings. The number of hydrogen-bond acceptors (Lipinski definition) is 6. The molecule has 0 bridgehead atoms. The van der Waals surface area contributed by atoms with Gasteiger partial charge in [0.15, 0.2) is 0 Å². The van der Waals surface area contributed by atoms with Gasteiger partial charge in [-0.1, -0.05) is 23.4 Å². The van der Waals surface area contributed by atoms with Crippen molar-refractivity contribution in [2.45, 2.75) is 57.1 Å². The second-order valence-corrected chi connectivity index (χ2v) is 8.55. The van der Waals surface area contributed by atoms with Gasteiger partial charge < -0.3 is 9.84 Å². The number of hydrogen-bond donors (Lipinski definition) is 1. The molecular formula is C21H25N5O3S. The maximum Gasteiger partial charge on any atom is 0.346 e. The lowest BCUT2D eigenvalue weighted by Gasteiger charge is -2.16. The maximum absolute atomic E-state index is 12.8. The van der Waals surface area contributed by atoms with Crippen molar-refractivity contribution in [2.24, 2.45) is 0 Å². The third-order valence-electron chi connectivity index (χ3n) is 5.38. The molecule has 1 aliphatic heterocycles. The van der Waals surface area contributed by atoms with Crippen molar-refractivity contribution in [1.82, 2.24) is 24.8 Å². The Hall–Kier alpha value is -2.81. The average molecular weight is 428 g/mol. The maximum atomic E-state index is 12.8. The van der Waals surface area contributed by atoms with Gasteiger partial charge >= 0.3 is 5.69 Å². The Morgan fingerprint density at radius 2 is 2.07 bits per heavy atom. The summed E-state index contributed by atoms with van der Waals surface area (Å²) >= 11 is 1.52. The van der Waals surface area contributed by atoms with E-state index >= 15 is 0 Å². The molecule has 1 amide bonds. The van der Waals surface area contributed by atoms with E-state index in [0.29, 0.717) is 37.4 Å². The van der Waals surface area contributed by atoms with Crippen LogP contribution in [0.4, 0.5) is 0 Å². The van der Waals surface area contributed by atoms with E-state index < -0.39 is 0 Å². The lowest BCUT2D eigenvalue weighted by Crippen LogP contribution is -2.36. The highest BCUT2D eigenvalue weighted by atomic mass is 32.2. The molecule has 4 rings (SSSR count). The van der Waals surface area contributed by atoms with Crippen molar-refractivity contribution in [2.75, 3.05) is 5.75 Å². The summed E-state index contributed by atoms with van der Waals surface area (Å²) in [7, 11) is 0. The van der Waals surface area contributed by atoms with Crippen LogP contribution in [0.3, 0.4) is 0 Å². The predicted octanol–water partition coefficient (Wildman–Crippen LogP) is 2.31. The zero-order chi connectivity index (χ0) is 21.1. The summed E-state index contributed by atoms with van der Waals surface area (Å²) in [5.74, 6) is 1.88. The number of amides is 1. The van der Waals surface area contributed by atoms with E-state index in [4.69, 9.17) is 4.52 Å². The molecule has 158 valence electrons. The third-order valence-corrected chi connectivity index (χ3v) is 6.40. The van der Waals surface area contributed by atoms with Crippen molar-refractivity contribution in [3.8, 4) is 0 Å². The quantitative estimate of drug-likeness (QED) is 0.607. The molecule has 1 aromatic carbocycles. The van der Waals surface area contributed by atoms with Crippen molar-refractivity contribution in [1.29, 1.82) is 0 Å². The molecular weight excluding hydrogens is 402 g/mol. The van der Waals surface area contributed by atoms with E-state index in [9.17, 15) is 9.59 Å². The van der Waals surface area contributed by atoms with Gasteiger partial charge in [-0.2, -0.15) is 5.10 Å². The molecule has 1 N–H and O–H groups in total. The molecule has 1 atom stereocenters. The Labute approximate surface area is 178 Å². The van der Waals surface area contributed by atoms with Gasteiger partial charge in [0.25, 0.3) is 0 Å². The van der Waals surface area contributed by atoms with Crippen LogP contribution in [0, 0.1) is 13.8 Å². The number of fused-ring (bicyclic) bond motifs is 1. The minimum atomic E-state index is -0.128. The molecule has 9 heteroatoms. The number of nitrogens with zero attached hydrogens (tertiary/aromatic N) is 4. The molecule has 0 saturated carbocycles. The second-order valence-electron chi connectivity index (χ2n) is 7.50. The number of aryl methyl sites for hydroxylation is 3. The SMILES string of the molecule is Cc1noc(C)c1Cn1nc2n(c1=O)CCC(NC(=O)CSc1ccccc1)CC2. The van der Waals surface area contributed by atoms with Gasteiger partial charge in [-0.05, 0) is 38.8 Å². The summed E-state index contributed by atoms with van der Waals surface area (Å²) in [6, 6.07) is 9.93. The minimum Gasteiger partial charge on any atom is -0.361 e. The van der Waals surface area contributed by atoms with E-state index in [2.05, 4.69) is 15.6 Å². The number of nitrogens with one attached hydrogen (secondary N) is 1. The molecule has 0 aliphatic carbocycles. The Balaban J connectivity index is 1.35. The van der Waals surface area contributed by atoms with E-state index in [1.54, 1.807) is 4.57 Å². The van der Waals surface area contributed by atoms with E-state index in [0.717, 1.165) is 28.4 Å². The van der Waals surface area contributed by atoms with E-state index in [1.165, 1.54) is 16.4 Å². The second kappa shape index (κ2) is 8.91. The number of thioether (sulfide) groups is 1. The van der Waals surface area contributed by atoms with Crippen molar-refractivity contribution < 1.29 is 9.32 Å². The number of aromatic nitrogens is 4. The largest absolute Gasteiger partial charge is 0.361 e. The molecule has 8 nitrogen and oxygen atoms in total. The summed E-state index contributed by atoms with van der Waals surface area (Å²) in [5.41, 5.74) is 1.54. The Kier molecular flexibility index (Phi) is 6.08. The smallest absolute Gasteiger partial charge is 0.346 e.